The molecule has 2 aliphatic heterocycles. The number of likely N-dealkylation sites (tertiary alicyclic amines) is 1. The van der Waals surface area contributed by atoms with Crippen molar-refractivity contribution in [3.63, 3.8) is 0 Å². The second-order valence-corrected chi connectivity index (χ2v) is 11.3. The van der Waals surface area contributed by atoms with Crippen LogP contribution in [0.15, 0.2) is 47.5 Å². The van der Waals surface area contributed by atoms with Crippen molar-refractivity contribution in [3.8, 4) is 0 Å². The molecule has 0 radical (unpaired) electrons. The molecule has 13 heteroatoms. The number of aromatic nitrogens is 2. The van der Waals surface area contributed by atoms with E-state index in [2.05, 4.69) is 5.10 Å². The maximum Gasteiger partial charge on any atom is 0.416 e. The number of β-amino-alcohol motifs (C(OH)–C–C–N with tert-alkyl or cyclic N) is 1. The van der Waals surface area contributed by atoms with Crippen LogP contribution >= 0.6 is 23.4 Å². The lowest BCUT2D eigenvalue weighted by molar-refractivity contribution is -0.138. The number of piperidine rings is 1. The molecule has 212 valence electrons. The van der Waals surface area contributed by atoms with E-state index in [0.29, 0.717) is 36.1 Å². The number of fused-ring (bicyclic) bond motifs is 1. The van der Waals surface area contributed by atoms with Crippen LogP contribution in [-0.2, 0) is 17.5 Å². The first kappa shape index (κ1) is 28.6. The van der Waals surface area contributed by atoms with Crippen LogP contribution < -0.4 is 0 Å². The number of halogens is 5. The van der Waals surface area contributed by atoms with E-state index in [-0.39, 0.29) is 48.0 Å². The quantitative estimate of drug-likeness (QED) is 0.283. The largest absolute Gasteiger partial charge is 0.416 e. The molecule has 3 heterocycles. The maximum absolute atomic E-state index is 15.4. The van der Waals surface area contributed by atoms with E-state index in [1.54, 1.807) is 18.2 Å². The highest BCUT2D eigenvalue weighted by molar-refractivity contribution is 8.18. The van der Waals surface area contributed by atoms with Crippen LogP contribution in [-0.4, -0.2) is 74.3 Å². The minimum absolute atomic E-state index is 0.0128. The van der Waals surface area contributed by atoms with E-state index in [9.17, 15) is 22.8 Å². The molecule has 0 aliphatic carbocycles. The summed E-state index contributed by atoms with van der Waals surface area (Å²) in [6.07, 6.45) is -1.20. The molecule has 7 nitrogen and oxygen atoms in total. The summed E-state index contributed by atoms with van der Waals surface area (Å²) in [6.45, 7) is 0.869. The number of amides is 2. The first-order valence-electron chi connectivity index (χ1n) is 12.5. The lowest BCUT2D eigenvalue weighted by Gasteiger charge is -2.37. The van der Waals surface area contributed by atoms with Gasteiger partial charge < -0.3 is 10.0 Å². The summed E-state index contributed by atoms with van der Waals surface area (Å²) in [5, 5.41) is 13.4. The van der Waals surface area contributed by atoms with E-state index in [4.69, 9.17) is 16.7 Å². The number of alkyl halides is 4. The zero-order valence-electron chi connectivity index (χ0n) is 21.1. The first-order valence-corrected chi connectivity index (χ1v) is 13.7. The molecule has 0 atom stereocenters. The Balaban J connectivity index is 1.31. The summed E-state index contributed by atoms with van der Waals surface area (Å²) >= 11 is 6.52. The van der Waals surface area contributed by atoms with Gasteiger partial charge in [0.2, 0.25) is 0 Å². The third kappa shape index (κ3) is 6.04. The van der Waals surface area contributed by atoms with Crippen LogP contribution in [0, 0.1) is 0 Å². The third-order valence-corrected chi connectivity index (χ3v) is 8.29. The number of nitrogens with zero attached hydrogens (tertiary/aromatic N) is 4. The molecule has 5 rings (SSSR count). The third-order valence-electron chi connectivity index (χ3n) is 7.14. The van der Waals surface area contributed by atoms with E-state index in [0.717, 1.165) is 22.7 Å². The van der Waals surface area contributed by atoms with E-state index in [1.165, 1.54) is 29.1 Å². The molecule has 0 saturated carbocycles. The highest BCUT2D eigenvalue weighted by atomic mass is 35.5. The van der Waals surface area contributed by atoms with Crippen molar-refractivity contribution in [2.24, 2.45) is 0 Å². The molecular weight excluding hydrogens is 572 g/mol. The Morgan fingerprint density at radius 3 is 2.58 bits per heavy atom. The summed E-state index contributed by atoms with van der Waals surface area (Å²) < 4.78 is 57.4. The predicted octanol–water partition coefficient (Wildman–Crippen LogP) is 5.59. The Kier molecular flexibility index (Phi) is 7.97. The standard InChI is InChI=1S/C27H25ClF4N4O3S/c28-20-3-2-18(21(13-20)27(30,31)32)15-36-22-4-1-17(11-19(22)14-33-36)12-23-24(38)35(25(39)40-23)16-26(29)5-7-34(8-6-26)9-10-37/h1-4,11-14,37H,5-10,15-16H2. The zero-order chi connectivity index (χ0) is 28.7. The zero-order valence-corrected chi connectivity index (χ0v) is 22.7. The van der Waals surface area contributed by atoms with Crippen molar-refractivity contribution in [2.75, 3.05) is 32.8 Å². The number of thioether (sulfide) groups is 1. The van der Waals surface area contributed by atoms with Crippen molar-refractivity contribution in [2.45, 2.75) is 31.2 Å². The predicted molar refractivity (Wildman–Crippen MR) is 145 cm³/mol. The lowest BCUT2D eigenvalue weighted by Crippen LogP contribution is -2.49. The second kappa shape index (κ2) is 11.2. The van der Waals surface area contributed by atoms with E-state index < -0.39 is 28.6 Å². The fourth-order valence-corrected chi connectivity index (χ4v) is 5.99. The first-order chi connectivity index (χ1) is 19.0. The Bertz CT molecular complexity index is 1480. The van der Waals surface area contributed by atoms with Crippen molar-refractivity contribution in [1.82, 2.24) is 19.6 Å². The monoisotopic (exact) mass is 596 g/mol. The van der Waals surface area contributed by atoms with Crippen molar-refractivity contribution in [3.05, 3.63) is 69.2 Å². The number of rotatable bonds is 7. The SMILES string of the molecule is O=C1SC(=Cc2ccc3c(cnn3Cc3ccc(Cl)cc3C(F)(F)F)c2)C(=O)N1CC1(F)CCN(CCO)CC1. The van der Waals surface area contributed by atoms with Crippen LogP contribution in [0.2, 0.25) is 5.02 Å². The van der Waals surface area contributed by atoms with E-state index >= 15 is 4.39 Å². The smallest absolute Gasteiger partial charge is 0.395 e. The van der Waals surface area contributed by atoms with Crippen molar-refractivity contribution >= 4 is 51.5 Å². The van der Waals surface area contributed by atoms with Crippen LogP contribution in [0.5, 0.6) is 0 Å². The average Bonchev–Trinajstić information content (AvgIpc) is 3.41. The van der Waals surface area contributed by atoms with Gasteiger partial charge in [0.05, 0.1) is 41.9 Å². The molecule has 2 aromatic carbocycles. The number of aliphatic hydroxyl groups excluding tert-OH is 1. The molecule has 2 saturated heterocycles. The molecular formula is C27H25ClF4N4O3S. The van der Waals surface area contributed by atoms with Gasteiger partial charge in [-0.15, -0.1) is 0 Å². The number of hydrogen-bond donors (Lipinski definition) is 1. The molecule has 0 bridgehead atoms. The maximum atomic E-state index is 15.4. The summed E-state index contributed by atoms with van der Waals surface area (Å²) in [4.78, 5) is 28.6. The minimum Gasteiger partial charge on any atom is -0.395 e. The summed E-state index contributed by atoms with van der Waals surface area (Å²) in [5.41, 5.74) is -1.32. The highest BCUT2D eigenvalue weighted by Gasteiger charge is 2.43. The van der Waals surface area contributed by atoms with Gasteiger partial charge in [-0.25, -0.2) is 4.39 Å². The van der Waals surface area contributed by atoms with Crippen LogP contribution in [0.3, 0.4) is 0 Å². The minimum atomic E-state index is -4.57. The lowest BCUT2D eigenvalue weighted by atomic mass is 9.92. The number of carbonyl (C=O) groups is 2. The fourth-order valence-electron chi connectivity index (χ4n) is 4.98. The van der Waals surface area contributed by atoms with Gasteiger partial charge in [0, 0.05) is 30.0 Å². The second-order valence-electron chi connectivity index (χ2n) is 9.90. The van der Waals surface area contributed by atoms with Crippen molar-refractivity contribution in [1.29, 1.82) is 0 Å². The molecule has 1 aromatic heterocycles. The average molecular weight is 597 g/mol. The Hall–Kier alpha value is -2.93. The number of benzene rings is 2. The molecule has 1 N–H and O–H groups in total. The number of imide groups is 1. The van der Waals surface area contributed by atoms with Gasteiger partial charge in [0.15, 0.2) is 0 Å². The van der Waals surface area contributed by atoms with Gasteiger partial charge in [0.25, 0.3) is 11.1 Å². The fraction of sp³-hybridized carbons (Fsp3) is 0.370. The molecule has 0 unspecified atom stereocenters. The molecule has 2 amide bonds. The van der Waals surface area contributed by atoms with Crippen molar-refractivity contribution < 1.29 is 32.3 Å². The number of carbonyl (C=O) groups excluding carboxylic acids is 2. The van der Waals surface area contributed by atoms with Gasteiger partial charge in [0.1, 0.15) is 5.67 Å². The summed E-state index contributed by atoms with van der Waals surface area (Å²) in [6, 6.07) is 8.68. The van der Waals surface area contributed by atoms with Gasteiger partial charge in [-0.1, -0.05) is 23.7 Å². The molecule has 40 heavy (non-hydrogen) atoms. The van der Waals surface area contributed by atoms with Crippen LogP contribution in [0.4, 0.5) is 22.4 Å². The molecule has 0 spiro atoms. The Morgan fingerprint density at radius 2 is 1.88 bits per heavy atom. The van der Waals surface area contributed by atoms with Crippen LogP contribution in [0.1, 0.15) is 29.5 Å². The topological polar surface area (TPSA) is 78.7 Å². The Morgan fingerprint density at radius 1 is 1.12 bits per heavy atom. The molecule has 3 aromatic rings. The summed E-state index contributed by atoms with van der Waals surface area (Å²) in [5.74, 6) is -0.567. The normalized spacial score (nSPS) is 19.4. The van der Waals surface area contributed by atoms with Gasteiger partial charge in [-0.05, 0) is 66.1 Å². The highest BCUT2D eigenvalue weighted by Crippen LogP contribution is 2.37. The van der Waals surface area contributed by atoms with E-state index in [1.807, 2.05) is 4.90 Å². The molecule has 2 aliphatic rings. The molecule has 2 fully saturated rings. The summed E-state index contributed by atoms with van der Waals surface area (Å²) in [7, 11) is 0. The number of hydrogen-bond acceptors (Lipinski definition) is 6. The van der Waals surface area contributed by atoms with Gasteiger partial charge >= 0.3 is 6.18 Å². The number of aliphatic hydroxyl groups is 1. The Labute approximate surface area is 236 Å². The van der Waals surface area contributed by atoms with Crippen LogP contribution in [0.25, 0.3) is 17.0 Å². The van der Waals surface area contributed by atoms with Gasteiger partial charge in [-0.2, -0.15) is 18.3 Å². The van der Waals surface area contributed by atoms with Gasteiger partial charge in [-0.3, -0.25) is 19.2 Å².